The van der Waals surface area contributed by atoms with Crippen LogP contribution >= 0.6 is 11.8 Å². The summed E-state index contributed by atoms with van der Waals surface area (Å²) in [6, 6.07) is 8.28. The van der Waals surface area contributed by atoms with Gasteiger partial charge in [0.15, 0.2) is 0 Å². The summed E-state index contributed by atoms with van der Waals surface area (Å²) in [5.41, 5.74) is 7.82. The van der Waals surface area contributed by atoms with Crippen molar-refractivity contribution < 1.29 is 9.59 Å². The lowest BCUT2D eigenvalue weighted by Crippen LogP contribution is -2.60. The predicted molar refractivity (Wildman–Crippen MR) is 202 cm³/mol. The zero-order chi connectivity index (χ0) is 35.6. The van der Waals surface area contributed by atoms with Gasteiger partial charge in [-0.25, -0.2) is 0 Å². The van der Waals surface area contributed by atoms with Gasteiger partial charge in [0.1, 0.15) is 6.04 Å². The van der Waals surface area contributed by atoms with Crippen LogP contribution in [-0.4, -0.2) is 79.3 Å². The van der Waals surface area contributed by atoms with Gasteiger partial charge in [0, 0.05) is 55.6 Å². The van der Waals surface area contributed by atoms with Gasteiger partial charge in [0.2, 0.25) is 11.8 Å². The van der Waals surface area contributed by atoms with E-state index in [1.807, 2.05) is 51.9 Å². The number of hydrogen-bond donors (Lipinski definition) is 3. The van der Waals surface area contributed by atoms with Crippen molar-refractivity contribution >= 4 is 34.8 Å². The van der Waals surface area contributed by atoms with Gasteiger partial charge in [-0.05, 0) is 67.9 Å². The average molecular weight is 669 g/mol. The smallest absolute Gasteiger partial charge is 0.245 e. The highest BCUT2D eigenvalue weighted by molar-refractivity contribution is 8.10. The van der Waals surface area contributed by atoms with E-state index in [0.29, 0.717) is 0 Å². The van der Waals surface area contributed by atoms with Crippen LogP contribution in [0.15, 0.2) is 46.8 Å². The number of allylic oxidation sites excluding steroid dienone is 1. The molecule has 9 heteroatoms. The first kappa shape index (κ1) is 40.6. The molecule has 2 amide bonds. The Balaban J connectivity index is 0.000000366. The molecule has 1 aromatic carbocycles. The topological polar surface area (TPSA) is 103 Å². The Labute approximate surface area is 290 Å². The van der Waals surface area contributed by atoms with E-state index >= 15 is 0 Å². The van der Waals surface area contributed by atoms with Gasteiger partial charge in [-0.3, -0.25) is 14.6 Å². The summed E-state index contributed by atoms with van der Waals surface area (Å²) in [7, 11) is 0. The Morgan fingerprint density at radius 1 is 1.09 bits per heavy atom. The largest absolute Gasteiger partial charge is 0.390 e. The van der Waals surface area contributed by atoms with Crippen LogP contribution in [0.2, 0.25) is 0 Å². The molecule has 0 radical (unpaired) electrons. The van der Waals surface area contributed by atoms with Gasteiger partial charge in [-0.15, -0.1) is 0 Å². The quantitative estimate of drug-likeness (QED) is 0.176. The zero-order valence-corrected chi connectivity index (χ0v) is 32.0. The fourth-order valence-corrected chi connectivity index (χ4v) is 6.68. The first-order valence-electron chi connectivity index (χ1n) is 17.2. The van der Waals surface area contributed by atoms with E-state index in [9.17, 15) is 9.59 Å². The standard InChI is InChI=1S/C23H44N4O2.C15H20N2S/c1-17-10-9-13-27(17)19(28)18(21(2,3)4)25-20(29)23(7,8)22(5,6)16-26-14-11-24-12-15-26;1-5-18-15(11(2)3)14-8-6-13(7-9-14)12(4)17-10-16/h17-18,24H,9-16H2,1-8H3,(H,25,29);5-10,12H,1H2,2-4H3,(H2,16,17). The number of nitrogens with one attached hydrogen (secondary N) is 2. The van der Waals surface area contributed by atoms with Crippen LogP contribution in [0.1, 0.15) is 106 Å². The molecule has 2 aliphatic heterocycles. The molecule has 1 aromatic rings. The van der Waals surface area contributed by atoms with Crippen LogP contribution < -0.4 is 16.4 Å². The SMILES string of the molecule is C=CSC(=C(C)C)c1ccc(C(C)N=CN)cc1.CC1CCCN1C(=O)C(NC(=O)C(C)(C)C(C)(C)CN1CCNCC1)C(C)(C)C. The summed E-state index contributed by atoms with van der Waals surface area (Å²) in [6.07, 6.45) is 3.44. The number of piperazine rings is 1. The lowest BCUT2D eigenvalue weighted by Gasteiger charge is -2.45. The van der Waals surface area contributed by atoms with Gasteiger partial charge in [-0.1, -0.05) is 96.6 Å². The molecule has 2 aliphatic rings. The molecule has 2 heterocycles. The van der Waals surface area contributed by atoms with Crippen molar-refractivity contribution in [2.24, 2.45) is 27.0 Å². The Hall–Kier alpha value is -2.62. The summed E-state index contributed by atoms with van der Waals surface area (Å²) in [5.74, 6) is 0.0318. The Kier molecular flexibility index (Phi) is 15.3. The van der Waals surface area contributed by atoms with Crippen molar-refractivity contribution in [3.63, 3.8) is 0 Å². The molecule has 0 aromatic heterocycles. The number of hydrogen-bond acceptors (Lipinski definition) is 6. The molecule has 8 nitrogen and oxygen atoms in total. The number of likely N-dealkylation sites (tertiary alicyclic amines) is 1. The van der Waals surface area contributed by atoms with Gasteiger partial charge in [0.25, 0.3) is 0 Å². The third-order valence-corrected chi connectivity index (χ3v) is 11.0. The minimum atomic E-state index is -0.599. The fourth-order valence-electron chi connectivity index (χ4n) is 6.01. The summed E-state index contributed by atoms with van der Waals surface area (Å²) < 4.78 is 0. The van der Waals surface area contributed by atoms with Crippen LogP contribution in [0.3, 0.4) is 0 Å². The van der Waals surface area contributed by atoms with E-state index < -0.39 is 11.5 Å². The summed E-state index contributed by atoms with van der Waals surface area (Å²) in [6.45, 7) is 32.3. The Bertz CT molecular complexity index is 1240. The van der Waals surface area contributed by atoms with E-state index in [-0.39, 0.29) is 34.7 Å². The van der Waals surface area contributed by atoms with Crippen molar-refractivity contribution in [1.82, 2.24) is 20.4 Å². The van der Waals surface area contributed by atoms with Gasteiger partial charge in [0.05, 0.1) is 12.4 Å². The second kappa shape index (κ2) is 17.7. The summed E-state index contributed by atoms with van der Waals surface area (Å²) in [5, 5.41) is 8.42. The van der Waals surface area contributed by atoms with Crippen LogP contribution in [0.4, 0.5) is 0 Å². The minimum absolute atomic E-state index is 0.0299. The number of benzene rings is 1. The van der Waals surface area contributed by atoms with Gasteiger partial charge >= 0.3 is 0 Å². The molecule has 2 saturated heterocycles. The van der Waals surface area contributed by atoms with Crippen molar-refractivity contribution in [3.8, 4) is 0 Å². The highest BCUT2D eigenvalue weighted by Crippen LogP contribution is 2.40. The molecule has 2 fully saturated rings. The fraction of sp³-hybridized carbons (Fsp3) is 0.658. The van der Waals surface area contributed by atoms with Crippen LogP contribution in [0.5, 0.6) is 0 Å². The molecule has 0 aliphatic carbocycles. The van der Waals surface area contributed by atoms with Crippen molar-refractivity contribution in [3.05, 3.63) is 53.0 Å². The van der Waals surface area contributed by atoms with E-state index in [1.165, 1.54) is 22.4 Å². The number of nitrogens with zero attached hydrogens (tertiary/aromatic N) is 3. The monoisotopic (exact) mass is 668 g/mol. The Morgan fingerprint density at radius 3 is 2.15 bits per heavy atom. The molecule has 3 rings (SSSR count). The van der Waals surface area contributed by atoms with Gasteiger partial charge in [-0.2, -0.15) is 0 Å². The lowest BCUT2D eigenvalue weighted by atomic mass is 9.66. The molecule has 0 bridgehead atoms. The summed E-state index contributed by atoms with van der Waals surface area (Å²) >= 11 is 1.66. The average Bonchev–Trinajstić information content (AvgIpc) is 3.44. The van der Waals surface area contributed by atoms with Crippen LogP contribution in [0.25, 0.3) is 4.91 Å². The summed E-state index contributed by atoms with van der Waals surface area (Å²) in [4.78, 5) is 36.6. The number of thioether (sulfide) groups is 1. The molecule has 264 valence electrons. The van der Waals surface area contributed by atoms with E-state index in [0.717, 1.165) is 57.7 Å². The zero-order valence-electron chi connectivity index (χ0n) is 31.2. The third-order valence-electron chi connectivity index (χ3n) is 9.93. The van der Waals surface area contributed by atoms with Gasteiger partial charge < -0.3 is 26.2 Å². The number of carbonyl (C=O) groups excluding carboxylic acids is 2. The second-order valence-corrected chi connectivity index (χ2v) is 16.5. The maximum absolute atomic E-state index is 13.5. The molecule has 0 saturated carbocycles. The number of rotatable bonds is 11. The number of carbonyl (C=O) groups is 2. The normalized spacial score (nSPS) is 19.0. The predicted octanol–water partition coefficient (Wildman–Crippen LogP) is 6.85. The molecule has 3 unspecified atom stereocenters. The molecule has 47 heavy (non-hydrogen) atoms. The molecule has 0 spiro atoms. The molecular formula is C38H64N6O2S. The Morgan fingerprint density at radius 2 is 1.68 bits per heavy atom. The molecule has 3 atom stereocenters. The van der Waals surface area contributed by atoms with E-state index in [2.05, 4.69) is 86.0 Å². The minimum Gasteiger partial charge on any atom is -0.390 e. The number of amides is 2. The maximum atomic E-state index is 13.5. The number of aliphatic imine (C=N–C) groups is 1. The van der Waals surface area contributed by atoms with Crippen LogP contribution in [0, 0.1) is 16.2 Å². The number of nitrogens with two attached hydrogens (primary N) is 1. The third kappa shape index (κ3) is 11.2. The first-order chi connectivity index (χ1) is 21.9. The van der Waals surface area contributed by atoms with E-state index in [4.69, 9.17) is 5.73 Å². The second-order valence-electron chi connectivity index (χ2n) is 15.5. The van der Waals surface area contributed by atoms with E-state index in [1.54, 1.807) is 11.8 Å². The van der Waals surface area contributed by atoms with Crippen molar-refractivity contribution in [2.75, 3.05) is 39.3 Å². The molecular weight excluding hydrogens is 605 g/mol. The lowest BCUT2D eigenvalue weighted by molar-refractivity contribution is -0.145. The highest BCUT2D eigenvalue weighted by atomic mass is 32.2. The first-order valence-corrected chi connectivity index (χ1v) is 18.1. The highest BCUT2D eigenvalue weighted by Gasteiger charge is 2.47. The van der Waals surface area contributed by atoms with Crippen molar-refractivity contribution in [2.45, 2.75) is 107 Å². The maximum Gasteiger partial charge on any atom is 0.245 e. The molecule has 4 N–H and O–H groups in total. The van der Waals surface area contributed by atoms with Crippen LogP contribution in [-0.2, 0) is 9.59 Å². The van der Waals surface area contributed by atoms with Crippen molar-refractivity contribution in [1.29, 1.82) is 0 Å².